The number of nitrogens with zero attached hydrogens (tertiary/aromatic N) is 2. The van der Waals surface area contributed by atoms with E-state index in [-0.39, 0.29) is 11.0 Å². The van der Waals surface area contributed by atoms with Gasteiger partial charge in [0.05, 0.1) is 16.1 Å². The van der Waals surface area contributed by atoms with Crippen LogP contribution in [0.3, 0.4) is 0 Å². The molecule has 29 heavy (non-hydrogen) atoms. The van der Waals surface area contributed by atoms with Gasteiger partial charge < -0.3 is 9.73 Å². The summed E-state index contributed by atoms with van der Waals surface area (Å²) in [5.41, 5.74) is 2.74. The van der Waals surface area contributed by atoms with Crippen molar-refractivity contribution < 1.29 is 9.21 Å². The molecular weight excluding hydrogens is 476 g/mol. The summed E-state index contributed by atoms with van der Waals surface area (Å²) in [5.74, 6) is 0.0182. The van der Waals surface area contributed by atoms with Crippen molar-refractivity contribution in [3.63, 3.8) is 0 Å². The molecule has 0 aliphatic carbocycles. The molecule has 4 aromatic rings. The molecule has 0 aliphatic heterocycles. The minimum Gasteiger partial charge on any atom is -0.434 e. The zero-order valence-corrected chi connectivity index (χ0v) is 17.8. The molecule has 0 unspecified atom stereocenters. The molecule has 0 fully saturated rings. The Morgan fingerprint density at radius 2 is 1.97 bits per heavy atom. The molecule has 0 bridgehead atoms. The number of carbonyl (C=O) groups is 1. The third kappa shape index (κ3) is 4.29. The highest BCUT2D eigenvalue weighted by atomic mass is 79.9. The molecule has 6 nitrogen and oxygen atoms in total. The van der Waals surface area contributed by atoms with Crippen molar-refractivity contribution in [1.29, 1.82) is 0 Å². The summed E-state index contributed by atoms with van der Waals surface area (Å²) in [6.07, 6.45) is 1.64. The number of amides is 1. The van der Waals surface area contributed by atoms with Crippen LogP contribution >= 0.6 is 39.7 Å². The zero-order chi connectivity index (χ0) is 20.4. The number of anilines is 1. The number of halogens is 2. The van der Waals surface area contributed by atoms with Gasteiger partial charge in [-0.05, 0) is 70.6 Å². The van der Waals surface area contributed by atoms with Gasteiger partial charge in [0.15, 0.2) is 16.3 Å². The Balaban J connectivity index is 1.53. The first-order valence-corrected chi connectivity index (χ1v) is 9.97. The Morgan fingerprint density at radius 3 is 2.76 bits per heavy atom. The highest BCUT2D eigenvalue weighted by Gasteiger charge is 2.15. The Morgan fingerprint density at radius 1 is 1.14 bits per heavy atom. The zero-order valence-electron chi connectivity index (χ0n) is 14.6. The largest absolute Gasteiger partial charge is 0.434 e. The molecule has 2 aromatic heterocycles. The lowest BCUT2D eigenvalue weighted by Gasteiger charge is -2.11. The van der Waals surface area contributed by atoms with E-state index < -0.39 is 0 Å². The highest BCUT2D eigenvalue weighted by molar-refractivity contribution is 9.10. The van der Waals surface area contributed by atoms with Crippen LogP contribution in [0.4, 0.5) is 5.69 Å². The number of rotatable bonds is 3. The highest BCUT2D eigenvalue weighted by Crippen LogP contribution is 2.31. The molecule has 0 saturated heterocycles. The van der Waals surface area contributed by atoms with E-state index in [0.717, 1.165) is 0 Å². The second kappa shape index (κ2) is 8.28. The minimum atomic E-state index is -0.325. The van der Waals surface area contributed by atoms with Crippen molar-refractivity contribution in [1.82, 2.24) is 15.3 Å². The Labute approximate surface area is 184 Å². The average Bonchev–Trinajstić information content (AvgIpc) is 3.13. The standard InChI is InChI=1S/C20H12BrClN4O2S/c21-14-5-2-1-4-12(14)18(27)26-20(29)24-11-7-8-15(22)13(10-11)19-25-17-16(28-19)6-3-9-23-17/h1-10H,(H2,24,26,27,29). The quantitative estimate of drug-likeness (QED) is 0.375. The van der Waals surface area contributed by atoms with E-state index in [9.17, 15) is 4.79 Å². The van der Waals surface area contributed by atoms with Gasteiger partial charge in [0.2, 0.25) is 5.89 Å². The molecule has 144 valence electrons. The summed E-state index contributed by atoms with van der Waals surface area (Å²) in [6.45, 7) is 0. The predicted molar refractivity (Wildman–Crippen MR) is 120 cm³/mol. The lowest BCUT2D eigenvalue weighted by molar-refractivity contribution is 0.0977. The Hall–Kier alpha value is -2.81. The fourth-order valence-corrected chi connectivity index (χ4v) is 3.50. The van der Waals surface area contributed by atoms with Crippen molar-refractivity contribution in [2.45, 2.75) is 0 Å². The van der Waals surface area contributed by atoms with Gasteiger partial charge in [-0.2, -0.15) is 4.98 Å². The number of hydrogen-bond acceptors (Lipinski definition) is 5. The molecule has 1 amide bonds. The van der Waals surface area contributed by atoms with Crippen molar-refractivity contribution in [3.8, 4) is 11.5 Å². The smallest absolute Gasteiger partial charge is 0.258 e. The van der Waals surface area contributed by atoms with E-state index in [1.54, 1.807) is 54.7 Å². The maximum Gasteiger partial charge on any atom is 0.258 e. The number of aromatic nitrogens is 2. The van der Waals surface area contributed by atoms with Crippen molar-refractivity contribution in [2.24, 2.45) is 0 Å². The number of fused-ring (bicyclic) bond motifs is 1. The summed E-state index contributed by atoms with van der Waals surface area (Å²) in [7, 11) is 0. The SMILES string of the molecule is O=C(NC(=S)Nc1ccc(Cl)c(-c2nc3ncccc3o2)c1)c1ccccc1Br. The molecule has 2 N–H and O–H groups in total. The van der Waals surface area contributed by atoms with Crippen molar-refractivity contribution >= 4 is 67.7 Å². The lowest BCUT2D eigenvalue weighted by Crippen LogP contribution is -2.34. The lowest BCUT2D eigenvalue weighted by atomic mass is 10.2. The number of benzene rings is 2. The number of carbonyl (C=O) groups excluding carboxylic acids is 1. The van der Waals surface area contributed by atoms with Gasteiger partial charge >= 0.3 is 0 Å². The molecule has 0 spiro atoms. The third-order valence-electron chi connectivity index (χ3n) is 3.97. The molecule has 0 radical (unpaired) electrons. The Bertz CT molecular complexity index is 1210. The first-order chi connectivity index (χ1) is 14.0. The van der Waals surface area contributed by atoms with Crippen molar-refractivity contribution in [3.05, 3.63) is 75.9 Å². The molecule has 2 aromatic carbocycles. The molecular formula is C20H12BrClN4O2S. The van der Waals surface area contributed by atoms with E-state index in [2.05, 4.69) is 36.5 Å². The maximum absolute atomic E-state index is 12.4. The number of oxazole rings is 1. The van der Waals surface area contributed by atoms with Crippen LogP contribution in [0.5, 0.6) is 0 Å². The fourth-order valence-electron chi connectivity index (χ4n) is 2.63. The van der Waals surface area contributed by atoms with Crippen LogP contribution < -0.4 is 10.6 Å². The van der Waals surface area contributed by atoms with Gasteiger partial charge in [0.1, 0.15) is 0 Å². The predicted octanol–water partition coefficient (Wildman–Crippen LogP) is 5.43. The van der Waals surface area contributed by atoms with Crippen LogP contribution in [0.2, 0.25) is 5.02 Å². The molecule has 9 heteroatoms. The minimum absolute atomic E-state index is 0.151. The van der Waals surface area contributed by atoms with Gasteiger partial charge in [-0.1, -0.05) is 23.7 Å². The van der Waals surface area contributed by atoms with Crippen molar-refractivity contribution in [2.75, 3.05) is 5.32 Å². The normalized spacial score (nSPS) is 10.7. The van der Waals surface area contributed by atoms with E-state index in [4.69, 9.17) is 28.2 Å². The summed E-state index contributed by atoms with van der Waals surface area (Å²) in [4.78, 5) is 20.9. The molecule has 4 rings (SSSR count). The first kappa shape index (κ1) is 19.5. The van der Waals surface area contributed by atoms with E-state index in [1.807, 2.05) is 6.07 Å². The second-order valence-corrected chi connectivity index (χ2v) is 7.60. The van der Waals surface area contributed by atoms with Crippen LogP contribution in [-0.4, -0.2) is 21.0 Å². The maximum atomic E-state index is 12.4. The van der Waals surface area contributed by atoms with Gasteiger partial charge in [-0.25, -0.2) is 4.98 Å². The Kier molecular flexibility index (Phi) is 5.57. The van der Waals surface area contributed by atoms with E-state index >= 15 is 0 Å². The topological polar surface area (TPSA) is 80.0 Å². The van der Waals surface area contributed by atoms with Gasteiger partial charge in [0.25, 0.3) is 5.91 Å². The number of pyridine rings is 1. The summed E-state index contributed by atoms with van der Waals surface area (Å²) < 4.78 is 6.42. The van der Waals surface area contributed by atoms with Crippen LogP contribution in [0.15, 0.2) is 69.7 Å². The number of thiocarbonyl (C=S) groups is 1. The summed E-state index contributed by atoms with van der Waals surface area (Å²) in [6, 6.07) is 15.8. The van der Waals surface area contributed by atoms with E-state index in [1.165, 1.54) is 0 Å². The first-order valence-electron chi connectivity index (χ1n) is 8.39. The fraction of sp³-hybridized carbons (Fsp3) is 0. The number of hydrogen-bond donors (Lipinski definition) is 2. The molecule has 0 saturated carbocycles. The van der Waals surface area contributed by atoms with Gasteiger partial charge in [-0.15, -0.1) is 0 Å². The molecule has 0 atom stereocenters. The van der Waals surface area contributed by atoms with Crippen LogP contribution in [0.1, 0.15) is 10.4 Å². The monoisotopic (exact) mass is 486 g/mol. The number of nitrogens with one attached hydrogen (secondary N) is 2. The van der Waals surface area contributed by atoms with E-state index in [0.29, 0.717) is 43.4 Å². The molecule has 2 heterocycles. The summed E-state index contributed by atoms with van der Waals surface area (Å²) in [5, 5.41) is 6.24. The van der Waals surface area contributed by atoms with Gasteiger partial charge in [-0.3, -0.25) is 10.1 Å². The summed E-state index contributed by atoms with van der Waals surface area (Å²) >= 11 is 14.9. The van der Waals surface area contributed by atoms with Gasteiger partial charge in [0, 0.05) is 16.4 Å². The molecule has 0 aliphatic rings. The van der Waals surface area contributed by atoms with Crippen LogP contribution in [0.25, 0.3) is 22.7 Å². The average molecular weight is 488 g/mol. The van der Waals surface area contributed by atoms with Crippen LogP contribution in [-0.2, 0) is 0 Å². The van der Waals surface area contributed by atoms with Crippen LogP contribution in [0, 0.1) is 0 Å². The second-order valence-electron chi connectivity index (χ2n) is 5.93. The third-order valence-corrected chi connectivity index (χ3v) is 5.19.